The molecule has 0 aromatic rings. The van der Waals surface area contributed by atoms with E-state index < -0.39 is 80.1 Å². The second-order valence-corrected chi connectivity index (χ2v) is 28.8. The number of carbonyl (C=O) groups excluding carboxylic acids is 4. The number of nitrogens with two attached hydrogens (primary N) is 2. The number of thioether (sulfide) groups is 2. The van der Waals surface area contributed by atoms with Crippen LogP contribution in [0, 0.1) is 57.2 Å². The fourth-order valence-electron chi connectivity index (χ4n) is 17.6. The van der Waals surface area contributed by atoms with Crippen molar-refractivity contribution in [2.24, 2.45) is 78.6 Å². The maximum absolute atomic E-state index is 17.5. The third kappa shape index (κ3) is 11.8. The standard InChI is InChI=1S/C62H94F2N6O8S2/c1-55-35-49(75)61(63)43(17-15-39-31-41(71)19-21-57(39,61)3)45(55)33-59(5,77)53(55)47(73)37-79-29-9-13-51(65)69-27-11-25-67-23-7-8-24-68-26-12-28-70-52(66)14-10-30-80-38-48(74)54-56(2)36-50(76)62(64)44(46(56)34-60(54,6)78)18-16-40-32-42(72)20-22-58(40,62)4/h19-22,31-32,43-46,49-50,53-54,67-68,75-78H,7-18,23-30,33-38H2,1-6H3,(H2,65,69)(H2,66,70)/t43-,44-,45-,46+,49-,50+,53?,54?,55-,56+,57-,58+,59-,60+,61-,62+/m0/s1. The van der Waals surface area contributed by atoms with Crippen LogP contribution in [-0.2, 0) is 19.2 Å². The molecule has 16 atom stereocenters. The predicted molar refractivity (Wildman–Crippen MR) is 316 cm³/mol. The van der Waals surface area contributed by atoms with Crippen LogP contribution in [0.3, 0.4) is 0 Å². The Labute approximate surface area is 482 Å². The smallest absolute Gasteiger partial charge is 0.178 e. The summed E-state index contributed by atoms with van der Waals surface area (Å²) in [5.74, 6) is -0.473. The zero-order valence-corrected chi connectivity index (χ0v) is 50.1. The Kier molecular flexibility index (Phi) is 19.5. The number of nitrogens with one attached hydrogen (secondary N) is 2. The zero-order valence-electron chi connectivity index (χ0n) is 48.5. The lowest BCUT2D eigenvalue weighted by Gasteiger charge is -2.61. The molecule has 8 rings (SSSR count). The largest absolute Gasteiger partial charge is 0.390 e. The number of unbranched alkanes of at least 4 members (excludes halogenated alkanes) is 1. The van der Waals surface area contributed by atoms with Crippen LogP contribution in [0.15, 0.2) is 57.6 Å². The topological polar surface area (TPSA) is 250 Å². The summed E-state index contributed by atoms with van der Waals surface area (Å²) in [6.45, 7) is 15.7. The third-order valence-corrected chi connectivity index (χ3v) is 23.3. The highest BCUT2D eigenvalue weighted by atomic mass is 32.2. The van der Waals surface area contributed by atoms with Crippen molar-refractivity contribution < 1.29 is 48.4 Å². The van der Waals surface area contributed by atoms with Crippen LogP contribution in [0.1, 0.15) is 144 Å². The first kappa shape index (κ1) is 62.9. The van der Waals surface area contributed by atoms with Gasteiger partial charge in [0.1, 0.15) is 11.6 Å². The van der Waals surface area contributed by atoms with Gasteiger partial charge in [0.25, 0.3) is 0 Å². The number of aliphatic imine (C=N–C) groups is 2. The summed E-state index contributed by atoms with van der Waals surface area (Å²) < 4.78 is 35.0. The molecule has 0 radical (unpaired) electrons. The van der Waals surface area contributed by atoms with Gasteiger partial charge in [-0.3, -0.25) is 29.2 Å². The van der Waals surface area contributed by atoms with Gasteiger partial charge in [-0.1, -0.05) is 37.1 Å². The van der Waals surface area contributed by atoms with Crippen molar-refractivity contribution in [1.29, 1.82) is 0 Å². The van der Waals surface area contributed by atoms with E-state index in [1.54, 1.807) is 39.8 Å². The van der Waals surface area contributed by atoms with E-state index in [1.165, 1.54) is 47.8 Å². The molecule has 10 N–H and O–H groups in total. The lowest BCUT2D eigenvalue weighted by Crippen LogP contribution is -2.66. The van der Waals surface area contributed by atoms with E-state index in [1.807, 2.05) is 13.8 Å². The number of aliphatic hydroxyl groups excluding tert-OH is 2. The van der Waals surface area contributed by atoms with E-state index in [0.717, 1.165) is 64.7 Å². The molecule has 0 aromatic carbocycles. The Morgan fingerprint density at radius 2 is 0.975 bits per heavy atom. The average Bonchev–Trinajstić information content (AvgIpc) is 2.48. The molecule has 446 valence electrons. The van der Waals surface area contributed by atoms with Gasteiger partial charge >= 0.3 is 0 Å². The summed E-state index contributed by atoms with van der Waals surface area (Å²) in [7, 11) is 0. The van der Waals surface area contributed by atoms with E-state index in [0.29, 0.717) is 98.8 Å². The van der Waals surface area contributed by atoms with Gasteiger partial charge in [0, 0.05) is 48.6 Å². The number of allylic oxidation sites excluding steroid dienone is 8. The summed E-state index contributed by atoms with van der Waals surface area (Å²) >= 11 is 3.03. The molecular formula is C62H94F2N6O8S2. The molecule has 0 aliphatic heterocycles. The maximum Gasteiger partial charge on any atom is 0.178 e. The first-order valence-electron chi connectivity index (χ1n) is 30.0. The summed E-state index contributed by atoms with van der Waals surface area (Å²) in [4.78, 5) is 61.3. The second-order valence-electron chi connectivity index (χ2n) is 26.6. The monoisotopic (exact) mass is 1150 g/mol. The van der Waals surface area contributed by atoms with E-state index in [4.69, 9.17) is 11.5 Å². The summed E-state index contributed by atoms with van der Waals surface area (Å²) in [6, 6.07) is 0. The minimum Gasteiger partial charge on any atom is -0.390 e. The van der Waals surface area contributed by atoms with Gasteiger partial charge in [-0.05, 0) is 202 Å². The number of hydrogen-bond acceptors (Lipinski definition) is 14. The van der Waals surface area contributed by atoms with E-state index >= 15 is 8.78 Å². The number of Topliss-reactive ketones (excluding diaryl/α,β-unsaturated/α-hetero) is 2. The van der Waals surface area contributed by atoms with Crippen molar-refractivity contribution in [2.75, 3.05) is 62.3 Å². The van der Waals surface area contributed by atoms with Gasteiger partial charge in [-0.15, -0.1) is 0 Å². The quantitative estimate of drug-likeness (QED) is 0.0229. The van der Waals surface area contributed by atoms with Crippen molar-refractivity contribution in [3.05, 3.63) is 47.6 Å². The lowest BCUT2D eigenvalue weighted by molar-refractivity contribution is -0.196. The van der Waals surface area contributed by atoms with Crippen LogP contribution in [-0.4, -0.2) is 152 Å². The molecule has 8 aliphatic rings. The van der Waals surface area contributed by atoms with Crippen LogP contribution in [0.25, 0.3) is 0 Å². The van der Waals surface area contributed by atoms with Gasteiger partial charge in [0.05, 0.1) is 58.4 Å². The number of alkyl halides is 2. The van der Waals surface area contributed by atoms with E-state index in [9.17, 15) is 39.6 Å². The fraction of sp³-hybridized carbons (Fsp3) is 0.774. The van der Waals surface area contributed by atoms with Crippen molar-refractivity contribution in [1.82, 2.24) is 10.6 Å². The fourth-order valence-corrected chi connectivity index (χ4v) is 19.3. The molecule has 0 saturated heterocycles. The van der Waals surface area contributed by atoms with Crippen molar-refractivity contribution >= 4 is 58.3 Å². The number of rotatable bonds is 27. The highest BCUT2D eigenvalue weighted by molar-refractivity contribution is 8.00. The van der Waals surface area contributed by atoms with Crippen molar-refractivity contribution in [3.63, 3.8) is 0 Å². The number of ketones is 4. The Bertz CT molecular complexity index is 2350. The number of aliphatic hydroxyl groups is 4. The highest BCUT2D eigenvalue weighted by Crippen LogP contribution is 2.72. The maximum atomic E-state index is 17.5. The molecule has 0 aromatic heterocycles. The third-order valence-electron chi connectivity index (χ3n) is 21.2. The van der Waals surface area contributed by atoms with Crippen LogP contribution in [0.2, 0.25) is 0 Å². The van der Waals surface area contributed by atoms with Crippen LogP contribution in [0.5, 0.6) is 0 Å². The lowest BCUT2D eigenvalue weighted by atomic mass is 9.45. The number of hydrogen-bond donors (Lipinski definition) is 8. The number of amidine groups is 2. The molecule has 6 fully saturated rings. The minimum atomic E-state index is -2.00. The zero-order chi connectivity index (χ0) is 58.1. The Morgan fingerprint density at radius 1 is 0.600 bits per heavy atom. The van der Waals surface area contributed by atoms with Gasteiger partial charge in [0.15, 0.2) is 22.9 Å². The second kappa shape index (κ2) is 24.8. The average molecular weight is 1150 g/mol. The summed E-state index contributed by atoms with van der Waals surface area (Å²) in [5, 5.41) is 53.7. The molecule has 0 spiro atoms. The molecular weight excluding hydrogens is 1060 g/mol. The van der Waals surface area contributed by atoms with Gasteiger partial charge in [-0.25, -0.2) is 8.78 Å². The van der Waals surface area contributed by atoms with Crippen LogP contribution >= 0.6 is 23.5 Å². The van der Waals surface area contributed by atoms with Gasteiger partial charge in [-0.2, -0.15) is 23.5 Å². The minimum absolute atomic E-state index is 0.0592. The van der Waals surface area contributed by atoms with Gasteiger partial charge in [0.2, 0.25) is 0 Å². The Balaban J connectivity index is 0.622. The van der Waals surface area contributed by atoms with Crippen LogP contribution in [0.4, 0.5) is 8.78 Å². The first-order chi connectivity index (χ1) is 37.7. The molecule has 0 heterocycles. The van der Waals surface area contributed by atoms with Crippen molar-refractivity contribution in [3.8, 4) is 0 Å². The molecule has 18 heteroatoms. The van der Waals surface area contributed by atoms with E-state index in [-0.39, 0.29) is 59.3 Å². The summed E-state index contributed by atoms with van der Waals surface area (Å²) in [5.41, 5.74) is 3.50. The van der Waals surface area contributed by atoms with E-state index in [2.05, 4.69) is 20.6 Å². The Morgan fingerprint density at radius 3 is 1.36 bits per heavy atom. The van der Waals surface area contributed by atoms with Crippen molar-refractivity contribution in [2.45, 2.75) is 179 Å². The first-order valence-corrected chi connectivity index (χ1v) is 32.3. The Hall–Kier alpha value is -3.10. The van der Waals surface area contributed by atoms with Gasteiger partial charge < -0.3 is 42.5 Å². The number of fused-ring (bicyclic) bond motifs is 10. The van der Waals surface area contributed by atoms with Crippen LogP contribution < -0.4 is 22.1 Å². The molecule has 6 saturated carbocycles. The SMILES string of the molecule is C[C@]1(O)C[C@H]2[C@@H]3CCC4=CC(=O)C=C[C@]4(C)[C@@]3(F)[C@@H](O)C[C@]2(C)C1C(=O)CSCCCC(N)=NCCCNCCCCNCCCN=C(N)CCCSCC(=O)C1[C@]2(C)C[C@@H](O)[C@]3(F)[C@@H](CCC4=CC(=O)C=C[C@]43C)[C@H]2C[C@@]1(C)O. The number of halogens is 2. The molecule has 0 bridgehead atoms. The number of carbonyl (C=O) groups is 4. The molecule has 0 amide bonds. The molecule has 80 heavy (non-hydrogen) atoms. The highest BCUT2D eigenvalue weighted by Gasteiger charge is 2.75. The normalized spacial score (nSPS) is 41.0. The predicted octanol–water partition coefficient (Wildman–Crippen LogP) is 7.30. The molecule has 2 unspecified atom stereocenters. The molecule has 14 nitrogen and oxygen atoms in total. The molecule has 8 aliphatic carbocycles. The summed E-state index contributed by atoms with van der Waals surface area (Å²) in [6.07, 6.45) is 15.8. The number of nitrogens with zero attached hydrogens (tertiary/aromatic N) is 2.